The molecular formula is C30H37N5O2. The number of aliphatic hydroxyl groups is 1. The van der Waals surface area contributed by atoms with Gasteiger partial charge in [0.2, 0.25) is 0 Å². The molecule has 5 rings (SSSR count). The van der Waals surface area contributed by atoms with E-state index in [0.29, 0.717) is 6.54 Å². The molecule has 2 unspecified atom stereocenters. The van der Waals surface area contributed by atoms with Gasteiger partial charge >= 0.3 is 0 Å². The Kier molecular flexibility index (Phi) is 7.72. The minimum absolute atomic E-state index is 0.215. The Bertz CT molecular complexity index is 1210. The zero-order valence-electron chi connectivity index (χ0n) is 22.0. The molecule has 0 bridgehead atoms. The average Bonchev–Trinajstić information content (AvgIpc) is 3.10. The second-order valence-corrected chi connectivity index (χ2v) is 9.96. The van der Waals surface area contributed by atoms with Crippen LogP contribution in [-0.4, -0.2) is 73.1 Å². The summed E-state index contributed by atoms with van der Waals surface area (Å²) in [5, 5.41) is 10.9. The molecule has 37 heavy (non-hydrogen) atoms. The molecule has 1 N–H and O–H groups in total. The summed E-state index contributed by atoms with van der Waals surface area (Å²) in [6.45, 7) is 6.96. The number of methoxy groups -OCH3 is 1. The summed E-state index contributed by atoms with van der Waals surface area (Å²) in [7, 11) is 3.84. The van der Waals surface area contributed by atoms with Gasteiger partial charge in [0.1, 0.15) is 23.6 Å². The highest BCUT2D eigenvalue weighted by molar-refractivity contribution is 6.10. The maximum atomic E-state index is 10.9. The van der Waals surface area contributed by atoms with Gasteiger partial charge < -0.3 is 24.5 Å². The lowest BCUT2D eigenvalue weighted by atomic mass is 9.99. The first-order valence-electron chi connectivity index (χ1n) is 13.2. The molecule has 194 valence electrons. The molecule has 3 heterocycles. The number of rotatable bonds is 6. The minimum atomic E-state index is -0.760. The lowest BCUT2D eigenvalue weighted by Gasteiger charge is -2.34. The first-order chi connectivity index (χ1) is 18.0. The molecule has 0 aromatic heterocycles. The molecule has 0 saturated carbocycles. The molecule has 0 aliphatic carbocycles. The van der Waals surface area contributed by atoms with Crippen LogP contribution in [0, 0.1) is 5.92 Å². The van der Waals surface area contributed by atoms with E-state index < -0.39 is 6.23 Å². The van der Waals surface area contributed by atoms with E-state index in [2.05, 4.69) is 54.1 Å². The number of piperazine rings is 1. The summed E-state index contributed by atoms with van der Waals surface area (Å²) in [4.78, 5) is 16.9. The molecule has 2 atom stereocenters. The maximum Gasteiger partial charge on any atom is 0.147 e. The van der Waals surface area contributed by atoms with Crippen molar-refractivity contribution in [3.8, 4) is 5.75 Å². The van der Waals surface area contributed by atoms with Crippen molar-refractivity contribution in [2.75, 3.05) is 45.2 Å². The summed E-state index contributed by atoms with van der Waals surface area (Å²) in [6.07, 6.45) is 7.08. The second kappa shape index (κ2) is 11.3. The highest BCUT2D eigenvalue weighted by Gasteiger charge is 2.29. The van der Waals surface area contributed by atoms with Crippen molar-refractivity contribution in [2.24, 2.45) is 15.9 Å². The van der Waals surface area contributed by atoms with Gasteiger partial charge in [-0.1, -0.05) is 31.2 Å². The van der Waals surface area contributed by atoms with Crippen LogP contribution in [0.5, 0.6) is 5.75 Å². The third-order valence-corrected chi connectivity index (χ3v) is 7.45. The lowest BCUT2D eigenvalue weighted by Crippen LogP contribution is -2.44. The van der Waals surface area contributed by atoms with Crippen LogP contribution in [0.4, 0.5) is 11.4 Å². The summed E-state index contributed by atoms with van der Waals surface area (Å²) < 4.78 is 5.40. The van der Waals surface area contributed by atoms with Gasteiger partial charge in [-0.25, -0.2) is 9.98 Å². The number of allylic oxidation sites excluding steroid dienone is 1. The van der Waals surface area contributed by atoms with E-state index in [1.165, 1.54) is 5.69 Å². The molecule has 0 amide bonds. The number of anilines is 1. The average molecular weight is 500 g/mol. The van der Waals surface area contributed by atoms with Gasteiger partial charge in [0.15, 0.2) is 0 Å². The van der Waals surface area contributed by atoms with Gasteiger partial charge in [0, 0.05) is 49.9 Å². The number of nitrogens with zero attached hydrogens (tertiary/aromatic N) is 5. The number of hydrogen-bond acceptors (Lipinski definition) is 6. The van der Waals surface area contributed by atoms with Crippen LogP contribution >= 0.6 is 0 Å². The number of likely N-dealkylation sites (N-methyl/N-ethyl adjacent to an activating group) is 1. The van der Waals surface area contributed by atoms with Crippen molar-refractivity contribution in [3.63, 3.8) is 0 Å². The number of benzene rings is 2. The van der Waals surface area contributed by atoms with Crippen LogP contribution in [0.1, 0.15) is 25.3 Å². The quantitative estimate of drug-likeness (QED) is 0.628. The zero-order valence-corrected chi connectivity index (χ0v) is 22.0. The zero-order chi connectivity index (χ0) is 25.8. The van der Waals surface area contributed by atoms with Crippen molar-refractivity contribution in [1.82, 2.24) is 9.80 Å². The molecule has 7 nitrogen and oxygen atoms in total. The summed E-state index contributed by atoms with van der Waals surface area (Å²) in [5.41, 5.74) is 4.22. The number of aliphatic imine (C=N–C) groups is 2. The van der Waals surface area contributed by atoms with Crippen LogP contribution in [0.15, 0.2) is 82.3 Å². The molecular weight excluding hydrogens is 462 g/mol. The number of aliphatic hydroxyl groups excluding tert-OH is 1. The fraction of sp³-hybridized carbons (Fsp3) is 0.400. The summed E-state index contributed by atoms with van der Waals surface area (Å²) >= 11 is 0. The maximum absolute atomic E-state index is 10.9. The van der Waals surface area contributed by atoms with Crippen molar-refractivity contribution in [2.45, 2.75) is 32.5 Å². The number of hydrogen-bond donors (Lipinski definition) is 1. The number of amidine groups is 2. The van der Waals surface area contributed by atoms with E-state index in [9.17, 15) is 5.11 Å². The molecule has 0 spiro atoms. The van der Waals surface area contributed by atoms with Crippen LogP contribution in [0.3, 0.4) is 0 Å². The standard InChI is InChI=1S/C30H37N5O2/c1-4-23-8-9-24-10-15-28(36)35(21-22-6-5-7-27(20-22)37-3)30(24)32-29(23)31-25-11-13-26(14-12-25)34-18-16-33(2)17-19-34/h5-7,9-15,20,23,28,36H,4,8,16-19,21H2,1-3H3. The Labute approximate surface area is 220 Å². The first kappa shape index (κ1) is 25.2. The van der Waals surface area contributed by atoms with E-state index in [4.69, 9.17) is 14.7 Å². The third-order valence-electron chi connectivity index (χ3n) is 7.45. The molecule has 2 aromatic carbocycles. The molecule has 7 heteroatoms. The van der Waals surface area contributed by atoms with Crippen molar-refractivity contribution in [1.29, 1.82) is 0 Å². The number of ether oxygens (including phenoxy) is 1. The van der Waals surface area contributed by atoms with Gasteiger partial charge in [0.25, 0.3) is 0 Å². The highest BCUT2D eigenvalue weighted by atomic mass is 16.5. The van der Waals surface area contributed by atoms with Crippen molar-refractivity contribution >= 4 is 23.0 Å². The lowest BCUT2D eigenvalue weighted by molar-refractivity contribution is 0.0896. The topological polar surface area (TPSA) is 63.9 Å². The summed E-state index contributed by atoms with van der Waals surface area (Å²) in [5.74, 6) is 2.59. The molecule has 2 aromatic rings. The third kappa shape index (κ3) is 5.78. The molecule has 1 saturated heterocycles. The predicted molar refractivity (Wildman–Crippen MR) is 151 cm³/mol. The van der Waals surface area contributed by atoms with Gasteiger partial charge in [-0.05, 0) is 67.9 Å². The van der Waals surface area contributed by atoms with E-state index in [1.807, 2.05) is 41.3 Å². The van der Waals surface area contributed by atoms with Crippen LogP contribution < -0.4 is 9.64 Å². The van der Waals surface area contributed by atoms with E-state index in [1.54, 1.807) is 7.11 Å². The Hall–Kier alpha value is -3.42. The SMILES string of the molecule is CCC1CC=C2C=CC(O)N(Cc3cccc(OC)c3)C2=NC1=Nc1ccc(N2CCN(C)CC2)cc1. The predicted octanol–water partition coefficient (Wildman–Crippen LogP) is 4.62. The van der Waals surface area contributed by atoms with E-state index >= 15 is 0 Å². The van der Waals surface area contributed by atoms with Crippen LogP contribution in [0.25, 0.3) is 0 Å². The Morgan fingerprint density at radius 1 is 1.08 bits per heavy atom. The van der Waals surface area contributed by atoms with Gasteiger partial charge in [-0.2, -0.15) is 0 Å². The molecule has 0 radical (unpaired) electrons. The van der Waals surface area contributed by atoms with Gasteiger partial charge in [0.05, 0.1) is 12.8 Å². The van der Waals surface area contributed by atoms with E-state index in [-0.39, 0.29) is 5.92 Å². The molecule has 1 fully saturated rings. The highest BCUT2D eigenvalue weighted by Crippen LogP contribution is 2.29. The molecule has 3 aliphatic rings. The Morgan fingerprint density at radius 2 is 1.86 bits per heavy atom. The fourth-order valence-corrected chi connectivity index (χ4v) is 5.06. The Balaban J connectivity index is 1.44. The Morgan fingerprint density at radius 3 is 2.59 bits per heavy atom. The van der Waals surface area contributed by atoms with Gasteiger partial charge in [-0.3, -0.25) is 0 Å². The number of fused-ring (bicyclic) bond motifs is 1. The normalized spacial score (nSPS) is 23.4. The smallest absolute Gasteiger partial charge is 0.147 e. The fourth-order valence-electron chi connectivity index (χ4n) is 5.06. The van der Waals surface area contributed by atoms with Crippen molar-refractivity contribution in [3.05, 3.63) is 77.9 Å². The largest absolute Gasteiger partial charge is 0.497 e. The summed E-state index contributed by atoms with van der Waals surface area (Å²) in [6, 6.07) is 16.5. The van der Waals surface area contributed by atoms with Gasteiger partial charge in [-0.15, -0.1) is 0 Å². The van der Waals surface area contributed by atoms with Crippen LogP contribution in [0.2, 0.25) is 0 Å². The second-order valence-electron chi connectivity index (χ2n) is 9.96. The molecule has 3 aliphatic heterocycles. The van der Waals surface area contributed by atoms with E-state index in [0.717, 1.165) is 73.3 Å². The van der Waals surface area contributed by atoms with Crippen molar-refractivity contribution < 1.29 is 9.84 Å². The monoisotopic (exact) mass is 499 g/mol. The first-order valence-corrected chi connectivity index (χ1v) is 13.2. The minimum Gasteiger partial charge on any atom is -0.497 e. The van der Waals surface area contributed by atoms with Crippen LogP contribution in [-0.2, 0) is 6.54 Å².